The zero-order valence-corrected chi connectivity index (χ0v) is 19.2. The number of carbonyl (C=O) groups excluding carboxylic acids is 2. The van der Waals surface area contributed by atoms with Crippen LogP contribution < -0.4 is 10.1 Å². The van der Waals surface area contributed by atoms with Crippen molar-refractivity contribution in [3.63, 3.8) is 0 Å². The number of rotatable bonds is 8. The molecule has 0 aromatic heterocycles. The standard InChI is InChI=1S/C26H32N2O3/c1-16(2)15-31-22-13-9-20(10-14-22)23-24(26(30)28(18(5)6)25(23)29)27-21-11-7-19(8-12-21)17(3)4/h7-14,16-18,27H,15H2,1-6H3. The van der Waals surface area contributed by atoms with Crippen LogP contribution in [-0.4, -0.2) is 29.4 Å². The van der Waals surface area contributed by atoms with E-state index in [0.29, 0.717) is 35.3 Å². The van der Waals surface area contributed by atoms with Crippen molar-refractivity contribution in [2.75, 3.05) is 11.9 Å². The van der Waals surface area contributed by atoms with E-state index in [2.05, 4.69) is 33.0 Å². The molecular formula is C26H32N2O3. The van der Waals surface area contributed by atoms with E-state index in [1.165, 1.54) is 10.5 Å². The molecule has 5 heteroatoms. The number of nitrogens with one attached hydrogen (secondary N) is 1. The lowest BCUT2D eigenvalue weighted by atomic mass is 10.0. The minimum absolute atomic E-state index is 0.230. The highest BCUT2D eigenvalue weighted by Gasteiger charge is 2.40. The molecule has 164 valence electrons. The second kappa shape index (κ2) is 9.38. The normalized spacial score (nSPS) is 14.4. The molecule has 0 saturated carbocycles. The van der Waals surface area contributed by atoms with Crippen molar-refractivity contribution in [2.45, 2.75) is 53.5 Å². The van der Waals surface area contributed by atoms with Gasteiger partial charge in [0.15, 0.2) is 0 Å². The highest BCUT2D eigenvalue weighted by molar-refractivity contribution is 6.36. The van der Waals surface area contributed by atoms with Crippen LogP contribution in [0.5, 0.6) is 5.75 Å². The zero-order valence-electron chi connectivity index (χ0n) is 19.2. The first kappa shape index (κ1) is 22.6. The minimum Gasteiger partial charge on any atom is -0.493 e. The van der Waals surface area contributed by atoms with Gasteiger partial charge in [-0.05, 0) is 61.1 Å². The third kappa shape index (κ3) is 4.98. The van der Waals surface area contributed by atoms with Crippen LogP contribution in [0.4, 0.5) is 5.69 Å². The van der Waals surface area contributed by atoms with Crippen LogP contribution in [0.15, 0.2) is 54.2 Å². The smallest absolute Gasteiger partial charge is 0.278 e. The molecule has 0 atom stereocenters. The first-order valence-electron chi connectivity index (χ1n) is 10.9. The summed E-state index contributed by atoms with van der Waals surface area (Å²) in [4.78, 5) is 27.6. The van der Waals surface area contributed by atoms with Gasteiger partial charge >= 0.3 is 0 Å². The van der Waals surface area contributed by atoms with Crippen LogP contribution in [0.2, 0.25) is 0 Å². The van der Waals surface area contributed by atoms with Crippen LogP contribution >= 0.6 is 0 Å². The van der Waals surface area contributed by atoms with Gasteiger partial charge in [0.2, 0.25) is 0 Å². The molecule has 0 spiro atoms. The largest absolute Gasteiger partial charge is 0.493 e. The number of ether oxygens (including phenoxy) is 1. The third-order valence-electron chi connectivity index (χ3n) is 5.20. The molecule has 0 fully saturated rings. The molecule has 0 aliphatic carbocycles. The molecule has 5 nitrogen and oxygen atoms in total. The van der Waals surface area contributed by atoms with Gasteiger partial charge in [-0.15, -0.1) is 0 Å². The Morgan fingerprint density at radius 2 is 1.45 bits per heavy atom. The first-order chi connectivity index (χ1) is 14.7. The summed E-state index contributed by atoms with van der Waals surface area (Å²) in [6.07, 6.45) is 0. The molecule has 31 heavy (non-hydrogen) atoms. The van der Waals surface area contributed by atoms with Crippen LogP contribution in [0.3, 0.4) is 0 Å². The highest BCUT2D eigenvalue weighted by Crippen LogP contribution is 2.32. The number of carbonyl (C=O) groups is 2. The molecule has 1 aliphatic heterocycles. The molecule has 2 amide bonds. The van der Waals surface area contributed by atoms with Gasteiger partial charge in [-0.3, -0.25) is 14.5 Å². The molecule has 2 aromatic carbocycles. The number of benzene rings is 2. The molecule has 0 radical (unpaired) electrons. The second-order valence-corrected chi connectivity index (χ2v) is 8.95. The Bertz CT molecular complexity index is 971. The van der Waals surface area contributed by atoms with E-state index >= 15 is 0 Å². The fourth-order valence-electron chi connectivity index (χ4n) is 3.48. The number of hydrogen-bond acceptors (Lipinski definition) is 4. The van der Waals surface area contributed by atoms with E-state index in [0.717, 1.165) is 11.4 Å². The van der Waals surface area contributed by atoms with Crippen LogP contribution in [0.25, 0.3) is 5.57 Å². The van der Waals surface area contributed by atoms with E-state index < -0.39 is 0 Å². The summed E-state index contributed by atoms with van der Waals surface area (Å²) in [5.74, 6) is 1.01. The number of hydrogen-bond donors (Lipinski definition) is 1. The quantitative estimate of drug-likeness (QED) is 0.577. The molecule has 0 unspecified atom stereocenters. The van der Waals surface area contributed by atoms with Gasteiger partial charge in [0.05, 0.1) is 12.2 Å². The maximum atomic E-state index is 13.2. The van der Waals surface area contributed by atoms with E-state index in [1.807, 2.05) is 62.4 Å². The van der Waals surface area contributed by atoms with Crippen molar-refractivity contribution in [3.05, 3.63) is 65.4 Å². The Kier molecular flexibility index (Phi) is 6.84. The van der Waals surface area contributed by atoms with E-state index in [4.69, 9.17) is 4.74 Å². The predicted molar refractivity (Wildman–Crippen MR) is 125 cm³/mol. The summed E-state index contributed by atoms with van der Waals surface area (Å²) in [7, 11) is 0. The Morgan fingerprint density at radius 1 is 0.839 bits per heavy atom. The Labute approximate surface area is 185 Å². The van der Waals surface area contributed by atoms with Gasteiger partial charge in [0, 0.05) is 11.7 Å². The summed E-state index contributed by atoms with van der Waals surface area (Å²) in [6, 6.07) is 15.1. The van der Waals surface area contributed by atoms with E-state index in [1.54, 1.807) is 0 Å². The Balaban J connectivity index is 1.95. The number of imide groups is 1. The second-order valence-electron chi connectivity index (χ2n) is 8.95. The first-order valence-corrected chi connectivity index (χ1v) is 10.9. The van der Waals surface area contributed by atoms with Crippen molar-refractivity contribution in [2.24, 2.45) is 5.92 Å². The summed E-state index contributed by atoms with van der Waals surface area (Å²) in [5.41, 5.74) is 3.39. The van der Waals surface area contributed by atoms with E-state index in [9.17, 15) is 9.59 Å². The van der Waals surface area contributed by atoms with Crippen LogP contribution in [-0.2, 0) is 9.59 Å². The van der Waals surface area contributed by atoms with Gasteiger partial charge in [0.25, 0.3) is 11.8 Å². The molecule has 0 saturated heterocycles. The molecule has 2 aromatic rings. The fourth-order valence-corrected chi connectivity index (χ4v) is 3.48. The van der Waals surface area contributed by atoms with Crippen molar-refractivity contribution >= 4 is 23.1 Å². The lowest BCUT2D eigenvalue weighted by Gasteiger charge is -2.19. The SMILES string of the molecule is CC(C)COc1ccc(C2=C(Nc3ccc(C(C)C)cc3)C(=O)N(C(C)C)C2=O)cc1. The highest BCUT2D eigenvalue weighted by atomic mass is 16.5. The minimum atomic E-state index is -0.303. The van der Waals surface area contributed by atoms with Gasteiger partial charge in [-0.2, -0.15) is 0 Å². The zero-order chi connectivity index (χ0) is 22.7. The number of amides is 2. The Hall–Kier alpha value is -3.08. The van der Waals surface area contributed by atoms with Crippen LogP contribution in [0, 0.1) is 5.92 Å². The van der Waals surface area contributed by atoms with Gasteiger partial charge < -0.3 is 10.1 Å². The number of anilines is 1. The molecule has 1 N–H and O–H groups in total. The lowest BCUT2D eigenvalue weighted by Crippen LogP contribution is -2.38. The monoisotopic (exact) mass is 420 g/mol. The van der Waals surface area contributed by atoms with Gasteiger partial charge in [-0.25, -0.2) is 0 Å². The lowest BCUT2D eigenvalue weighted by molar-refractivity contribution is -0.138. The molecule has 1 aliphatic rings. The number of nitrogens with zero attached hydrogens (tertiary/aromatic N) is 1. The van der Waals surface area contributed by atoms with Crippen molar-refractivity contribution in [3.8, 4) is 5.75 Å². The van der Waals surface area contributed by atoms with Gasteiger partial charge in [-0.1, -0.05) is 52.0 Å². The average molecular weight is 421 g/mol. The van der Waals surface area contributed by atoms with Gasteiger partial charge in [0.1, 0.15) is 11.4 Å². The third-order valence-corrected chi connectivity index (χ3v) is 5.20. The maximum Gasteiger partial charge on any atom is 0.278 e. The molecular weight excluding hydrogens is 388 g/mol. The maximum absolute atomic E-state index is 13.2. The van der Waals surface area contributed by atoms with E-state index in [-0.39, 0.29) is 17.9 Å². The molecule has 1 heterocycles. The molecule has 3 rings (SSSR count). The fraction of sp³-hybridized carbons (Fsp3) is 0.385. The Morgan fingerprint density at radius 3 is 1.97 bits per heavy atom. The molecule has 0 bridgehead atoms. The van der Waals surface area contributed by atoms with Crippen LogP contribution in [0.1, 0.15) is 58.6 Å². The van der Waals surface area contributed by atoms with Crippen molar-refractivity contribution in [1.82, 2.24) is 4.90 Å². The predicted octanol–water partition coefficient (Wildman–Crippen LogP) is 5.45. The van der Waals surface area contributed by atoms with Crippen molar-refractivity contribution in [1.29, 1.82) is 0 Å². The average Bonchev–Trinajstić information content (AvgIpc) is 2.97. The summed E-state index contributed by atoms with van der Waals surface area (Å²) < 4.78 is 5.75. The summed E-state index contributed by atoms with van der Waals surface area (Å²) >= 11 is 0. The van der Waals surface area contributed by atoms with Crippen molar-refractivity contribution < 1.29 is 14.3 Å². The summed E-state index contributed by atoms with van der Waals surface area (Å²) in [6.45, 7) is 12.8. The topological polar surface area (TPSA) is 58.6 Å². The summed E-state index contributed by atoms with van der Waals surface area (Å²) in [5, 5.41) is 3.21.